The molecule has 0 aliphatic carbocycles. The van der Waals surface area contributed by atoms with E-state index in [0.29, 0.717) is 31.7 Å². The van der Waals surface area contributed by atoms with Gasteiger partial charge in [-0.1, -0.05) is 0 Å². The Bertz CT molecular complexity index is 574. The van der Waals surface area contributed by atoms with Crippen molar-refractivity contribution in [2.24, 2.45) is 0 Å². The summed E-state index contributed by atoms with van der Waals surface area (Å²) in [5.74, 6) is -1.07. The highest BCUT2D eigenvalue weighted by molar-refractivity contribution is 5.87. The Kier molecular flexibility index (Phi) is 4.70. The number of hydrogen-bond acceptors (Lipinski definition) is 5. The Balaban J connectivity index is 1.99. The number of rotatable bonds is 4. The van der Waals surface area contributed by atoms with Crippen LogP contribution in [0.3, 0.4) is 0 Å². The number of aromatic carboxylic acids is 1. The number of nitrogens with zero attached hydrogens (tertiary/aromatic N) is 2. The molecule has 8 nitrogen and oxygen atoms in total. The molecule has 0 saturated heterocycles. The Morgan fingerprint density at radius 2 is 2.18 bits per heavy atom. The van der Waals surface area contributed by atoms with Gasteiger partial charge < -0.3 is 19.9 Å². The summed E-state index contributed by atoms with van der Waals surface area (Å²) in [5.41, 5.74) is 0.945. The van der Waals surface area contributed by atoms with Gasteiger partial charge in [-0.25, -0.2) is 9.59 Å². The molecule has 22 heavy (non-hydrogen) atoms. The van der Waals surface area contributed by atoms with Gasteiger partial charge in [-0.3, -0.25) is 4.68 Å². The van der Waals surface area contributed by atoms with E-state index in [2.05, 4.69) is 10.4 Å². The fourth-order valence-electron chi connectivity index (χ4n) is 2.24. The first-order chi connectivity index (χ1) is 10.3. The molecule has 1 aromatic heterocycles. The van der Waals surface area contributed by atoms with Crippen LogP contribution in [-0.2, 0) is 29.0 Å². The first-order valence-corrected chi connectivity index (χ1v) is 7.14. The Morgan fingerprint density at radius 3 is 2.82 bits per heavy atom. The molecule has 1 aromatic rings. The number of nitrogens with one attached hydrogen (secondary N) is 1. The van der Waals surface area contributed by atoms with Crippen molar-refractivity contribution in [3.63, 3.8) is 0 Å². The highest BCUT2D eigenvalue weighted by atomic mass is 16.6. The summed E-state index contributed by atoms with van der Waals surface area (Å²) in [6.07, 6.45) is 0.109. The van der Waals surface area contributed by atoms with Gasteiger partial charge in [0.25, 0.3) is 0 Å². The van der Waals surface area contributed by atoms with Gasteiger partial charge >= 0.3 is 12.1 Å². The maximum absolute atomic E-state index is 11.6. The minimum atomic E-state index is -1.07. The molecular formula is C14H21N3O5. The quantitative estimate of drug-likeness (QED) is 0.865. The lowest BCUT2D eigenvalue weighted by molar-refractivity contribution is 0.0524. The number of aromatic nitrogens is 2. The first-order valence-electron chi connectivity index (χ1n) is 7.14. The summed E-state index contributed by atoms with van der Waals surface area (Å²) < 4.78 is 12.1. The van der Waals surface area contributed by atoms with Crippen molar-refractivity contribution in [2.45, 2.75) is 45.9 Å². The van der Waals surface area contributed by atoms with Gasteiger partial charge in [-0.2, -0.15) is 5.10 Å². The molecule has 1 aliphatic rings. The van der Waals surface area contributed by atoms with E-state index < -0.39 is 17.7 Å². The molecule has 0 atom stereocenters. The normalized spacial score (nSPS) is 14.3. The van der Waals surface area contributed by atoms with Crippen LogP contribution in [0.1, 0.15) is 42.5 Å². The van der Waals surface area contributed by atoms with Crippen molar-refractivity contribution in [1.82, 2.24) is 15.1 Å². The third kappa shape index (κ3) is 3.97. The second-order valence-electron chi connectivity index (χ2n) is 6.03. The van der Waals surface area contributed by atoms with Gasteiger partial charge in [0.05, 0.1) is 19.8 Å². The molecule has 0 saturated carbocycles. The van der Waals surface area contributed by atoms with E-state index in [1.165, 1.54) is 0 Å². The number of carboxylic acids is 1. The van der Waals surface area contributed by atoms with Crippen molar-refractivity contribution < 1.29 is 24.2 Å². The van der Waals surface area contributed by atoms with E-state index in [-0.39, 0.29) is 12.3 Å². The van der Waals surface area contributed by atoms with Gasteiger partial charge in [0.2, 0.25) is 0 Å². The summed E-state index contributed by atoms with van der Waals surface area (Å²) in [6.45, 7) is 6.85. The zero-order chi connectivity index (χ0) is 16.3. The van der Waals surface area contributed by atoms with Crippen molar-refractivity contribution in [3.05, 3.63) is 17.0 Å². The molecule has 0 aromatic carbocycles. The smallest absolute Gasteiger partial charge is 0.407 e. The van der Waals surface area contributed by atoms with E-state index >= 15 is 0 Å². The van der Waals surface area contributed by atoms with Crippen molar-refractivity contribution in [2.75, 3.05) is 13.2 Å². The molecule has 0 bridgehead atoms. The van der Waals surface area contributed by atoms with E-state index in [0.717, 1.165) is 5.69 Å². The first kappa shape index (κ1) is 16.3. The molecular weight excluding hydrogens is 290 g/mol. The number of alkyl carbamates (subject to hydrolysis) is 1. The van der Waals surface area contributed by atoms with Crippen molar-refractivity contribution in [1.29, 1.82) is 0 Å². The number of carbonyl (C=O) groups is 2. The predicted molar refractivity (Wildman–Crippen MR) is 76.8 cm³/mol. The van der Waals surface area contributed by atoms with Crippen LogP contribution in [0, 0.1) is 0 Å². The summed E-state index contributed by atoms with van der Waals surface area (Å²) >= 11 is 0. The molecule has 0 radical (unpaired) electrons. The topological polar surface area (TPSA) is 103 Å². The molecule has 0 spiro atoms. The zero-order valence-corrected chi connectivity index (χ0v) is 13.0. The lowest BCUT2D eigenvalue weighted by atomic mass is 10.1. The highest BCUT2D eigenvalue weighted by Gasteiger charge is 2.25. The third-order valence-corrected chi connectivity index (χ3v) is 3.09. The predicted octanol–water partition coefficient (Wildman–Crippen LogP) is 1.18. The van der Waals surface area contributed by atoms with E-state index in [1.54, 1.807) is 25.5 Å². The minimum absolute atomic E-state index is 0.0203. The molecule has 0 fully saturated rings. The maximum Gasteiger partial charge on any atom is 0.407 e. The lowest BCUT2D eigenvalue weighted by Gasteiger charge is -2.20. The van der Waals surface area contributed by atoms with Crippen molar-refractivity contribution in [3.8, 4) is 0 Å². The summed E-state index contributed by atoms with van der Waals surface area (Å²) in [4.78, 5) is 22.8. The Hall–Kier alpha value is -2.09. The van der Waals surface area contributed by atoms with E-state index in [1.807, 2.05) is 0 Å². The monoisotopic (exact) mass is 311 g/mol. The van der Waals surface area contributed by atoms with E-state index in [4.69, 9.17) is 9.47 Å². The van der Waals surface area contributed by atoms with Crippen LogP contribution in [0.2, 0.25) is 0 Å². The van der Waals surface area contributed by atoms with Crippen LogP contribution in [0.4, 0.5) is 4.79 Å². The summed E-state index contributed by atoms with van der Waals surface area (Å²) in [5, 5.41) is 15.9. The molecule has 1 amide bonds. The number of carbonyl (C=O) groups excluding carboxylic acids is 1. The maximum atomic E-state index is 11.6. The average molecular weight is 311 g/mol. The second-order valence-corrected chi connectivity index (χ2v) is 6.03. The Labute approximate surface area is 128 Å². The number of carboxylic acid groups (broad SMARTS) is 1. The number of hydrogen-bond donors (Lipinski definition) is 2. The molecule has 8 heteroatoms. The van der Waals surface area contributed by atoms with Gasteiger partial charge in [-0.05, 0) is 20.8 Å². The second kappa shape index (κ2) is 6.35. The highest BCUT2D eigenvalue weighted by Crippen LogP contribution is 2.20. The van der Waals surface area contributed by atoms with Crippen LogP contribution >= 0.6 is 0 Å². The van der Waals surface area contributed by atoms with Gasteiger partial charge in [0, 0.05) is 24.2 Å². The molecule has 1 aliphatic heterocycles. The van der Waals surface area contributed by atoms with Crippen LogP contribution in [0.15, 0.2) is 0 Å². The Morgan fingerprint density at radius 1 is 1.45 bits per heavy atom. The molecule has 2 rings (SSSR count). The molecule has 2 heterocycles. The van der Waals surface area contributed by atoms with Gasteiger partial charge in [0.15, 0.2) is 5.69 Å². The van der Waals surface area contributed by atoms with Crippen molar-refractivity contribution >= 4 is 12.1 Å². The summed E-state index contributed by atoms with van der Waals surface area (Å²) in [6, 6.07) is 0. The van der Waals surface area contributed by atoms with Gasteiger partial charge in [0.1, 0.15) is 5.60 Å². The standard InChI is InChI=1S/C14H21N3O5/c1-14(2,3)22-13(20)15-5-6-17-10-4-7-21-8-9(10)11(16-17)12(18)19/h4-8H2,1-3H3,(H,15,20)(H,18,19). The van der Waals surface area contributed by atoms with Crippen LogP contribution in [0.5, 0.6) is 0 Å². The van der Waals surface area contributed by atoms with E-state index in [9.17, 15) is 14.7 Å². The largest absolute Gasteiger partial charge is 0.476 e. The number of fused-ring (bicyclic) bond motifs is 1. The van der Waals surface area contributed by atoms with Crippen LogP contribution in [-0.4, -0.2) is 45.7 Å². The van der Waals surface area contributed by atoms with Gasteiger partial charge in [-0.15, -0.1) is 0 Å². The fraction of sp³-hybridized carbons (Fsp3) is 0.643. The zero-order valence-electron chi connectivity index (χ0n) is 13.0. The average Bonchev–Trinajstić information content (AvgIpc) is 2.76. The number of ether oxygens (including phenoxy) is 2. The third-order valence-electron chi connectivity index (χ3n) is 3.09. The van der Waals surface area contributed by atoms with Crippen LogP contribution in [0.25, 0.3) is 0 Å². The fourth-order valence-corrected chi connectivity index (χ4v) is 2.24. The SMILES string of the molecule is CC(C)(C)OC(=O)NCCn1nc(C(=O)O)c2c1CCOC2. The van der Waals surface area contributed by atoms with Crippen LogP contribution < -0.4 is 5.32 Å². The molecule has 0 unspecified atom stereocenters. The molecule has 2 N–H and O–H groups in total. The minimum Gasteiger partial charge on any atom is -0.476 e. The summed E-state index contributed by atoms with van der Waals surface area (Å²) in [7, 11) is 0. The lowest BCUT2D eigenvalue weighted by Crippen LogP contribution is -2.34. The molecule has 122 valence electrons. The number of amides is 1.